The molecule has 0 saturated carbocycles. The molecule has 5 nitrogen and oxygen atoms in total. The molecule has 2 aromatic carbocycles. The number of para-hydroxylation sites is 1. The first kappa shape index (κ1) is 19.0. The molecule has 0 spiro atoms. The van der Waals surface area contributed by atoms with Gasteiger partial charge in [0.05, 0.1) is 10.6 Å². The largest absolute Gasteiger partial charge is 0.350 e. The van der Waals surface area contributed by atoms with Gasteiger partial charge >= 0.3 is 0 Å². The first-order chi connectivity index (χ1) is 11.6. The maximum Gasteiger partial charge on any atom is 0.261 e. The van der Waals surface area contributed by atoms with E-state index in [1.54, 1.807) is 13.0 Å². The van der Waals surface area contributed by atoms with Gasteiger partial charge in [-0.15, -0.1) is 0 Å². The summed E-state index contributed by atoms with van der Waals surface area (Å²) in [6.45, 7) is 9.19. The predicted molar refractivity (Wildman–Crippen MR) is 101 cm³/mol. The molecule has 25 heavy (non-hydrogen) atoms. The van der Waals surface area contributed by atoms with E-state index in [9.17, 15) is 13.2 Å². The summed E-state index contributed by atoms with van der Waals surface area (Å²) in [5, 5.41) is 2.79. The monoisotopic (exact) mass is 360 g/mol. The maximum absolute atomic E-state index is 12.8. The van der Waals surface area contributed by atoms with Crippen molar-refractivity contribution in [2.45, 2.75) is 45.6 Å². The highest BCUT2D eigenvalue weighted by atomic mass is 32.2. The second-order valence-electron chi connectivity index (χ2n) is 6.48. The molecule has 0 atom stereocenters. The molecule has 134 valence electrons. The summed E-state index contributed by atoms with van der Waals surface area (Å²) in [6.07, 6.45) is 0. The van der Waals surface area contributed by atoms with Crippen LogP contribution in [0.25, 0.3) is 0 Å². The molecule has 1 amide bonds. The van der Waals surface area contributed by atoms with E-state index in [1.807, 2.05) is 45.9 Å². The number of anilines is 1. The minimum atomic E-state index is -3.79. The minimum Gasteiger partial charge on any atom is -0.350 e. The van der Waals surface area contributed by atoms with E-state index >= 15 is 0 Å². The van der Waals surface area contributed by atoms with Gasteiger partial charge in [-0.05, 0) is 63.4 Å². The summed E-state index contributed by atoms with van der Waals surface area (Å²) in [5.41, 5.74) is 3.33. The van der Waals surface area contributed by atoms with Crippen molar-refractivity contribution in [2.24, 2.45) is 0 Å². The van der Waals surface area contributed by atoms with E-state index in [-0.39, 0.29) is 16.8 Å². The van der Waals surface area contributed by atoms with Gasteiger partial charge in [0.25, 0.3) is 15.9 Å². The summed E-state index contributed by atoms with van der Waals surface area (Å²) in [7, 11) is -3.79. The SMILES string of the molecule is Cc1ccc(S(=O)(=O)Nc2c(C)cccc2C)cc1C(=O)NC(C)C. The van der Waals surface area contributed by atoms with Crippen LogP contribution in [0.4, 0.5) is 5.69 Å². The van der Waals surface area contributed by atoms with Crippen molar-refractivity contribution in [3.8, 4) is 0 Å². The van der Waals surface area contributed by atoms with Gasteiger partial charge < -0.3 is 5.32 Å². The smallest absolute Gasteiger partial charge is 0.261 e. The van der Waals surface area contributed by atoms with Gasteiger partial charge in [0.1, 0.15) is 0 Å². The van der Waals surface area contributed by atoms with Crippen molar-refractivity contribution < 1.29 is 13.2 Å². The molecule has 0 fully saturated rings. The van der Waals surface area contributed by atoms with E-state index in [1.165, 1.54) is 12.1 Å². The second kappa shape index (κ2) is 7.27. The molecule has 0 bridgehead atoms. The van der Waals surface area contributed by atoms with Gasteiger partial charge in [0.15, 0.2) is 0 Å². The summed E-state index contributed by atoms with van der Waals surface area (Å²) in [4.78, 5) is 12.4. The van der Waals surface area contributed by atoms with Crippen molar-refractivity contribution >= 4 is 21.6 Å². The normalized spacial score (nSPS) is 11.4. The van der Waals surface area contributed by atoms with Crippen LogP contribution in [0.1, 0.15) is 40.9 Å². The standard InChI is InChI=1S/C19H24N2O3S/c1-12(2)20-19(22)17-11-16(10-9-13(17)3)25(23,24)21-18-14(4)7-6-8-15(18)5/h6-12,21H,1-5H3,(H,20,22). The summed E-state index contributed by atoms with van der Waals surface area (Å²) in [5.74, 6) is -0.281. The van der Waals surface area contributed by atoms with Gasteiger partial charge in [0.2, 0.25) is 0 Å². The number of nitrogens with one attached hydrogen (secondary N) is 2. The number of amides is 1. The Balaban J connectivity index is 2.42. The Morgan fingerprint density at radius 1 is 0.960 bits per heavy atom. The summed E-state index contributed by atoms with van der Waals surface area (Å²) < 4.78 is 28.2. The quantitative estimate of drug-likeness (QED) is 0.856. The van der Waals surface area contributed by atoms with Gasteiger partial charge in [-0.3, -0.25) is 9.52 Å². The van der Waals surface area contributed by atoms with Crippen LogP contribution in [0, 0.1) is 20.8 Å². The third-order valence-electron chi connectivity index (χ3n) is 3.90. The molecule has 0 heterocycles. The lowest BCUT2D eigenvalue weighted by Gasteiger charge is -2.15. The van der Waals surface area contributed by atoms with Gasteiger partial charge in [-0.25, -0.2) is 8.42 Å². The highest BCUT2D eigenvalue weighted by Gasteiger charge is 2.20. The van der Waals surface area contributed by atoms with E-state index < -0.39 is 10.0 Å². The van der Waals surface area contributed by atoms with E-state index in [4.69, 9.17) is 0 Å². The van der Waals surface area contributed by atoms with Crippen molar-refractivity contribution in [2.75, 3.05) is 4.72 Å². The number of hydrogen-bond acceptors (Lipinski definition) is 3. The Labute approximate surface area is 149 Å². The Hall–Kier alpha value is -2.34. The third-order valence-corrected chi connectivity index (χ3v) is 5.25. The molecule has 0 radical (unpaired) electrons. The van der Waals surface area contributed by atoms with Crippen LogP contribution in [0.3, 0.4) is 0 Å². The second-order valence-corrected chi connectivity index (χ2v) is 8.16. The zero-order valence-electron chi connectivity index (χ0n) is 15.2. The fourth-order valence-corrected chi connectivity index (χ4v) is 3.75. The van der Waals surface area contributed by atoms with Crippen molar-refractivity contribution in [3.05, 3.63) is 58.7 Å². The van der Waals surface area contributed by atoms with Crippen LogP contribution >= 0.6 is 0 Å². The molecule has 0 saturated heterocycles. The lowest BCUT2D eigenvalue weighted by Crippen LogP contribution is -2.30. The molecule has 6 heteroatoms. The highest BCUT2D eigenvalue weighted by Crippen LogP contribution is 2.24. The highest BCUT2D eigenvalue weighted by molar-refractivity contribution is 7.92. The molecule has 0 unspecified atom stereocenters. The number of hydrogen-bond donors (Lipinski definition) is 2. The van der Waals surface area contributed by atoms with Crippen LogP contribution in [0.15, 0.2) is 41.3 Å². The predicted octanol–water partition coefficient (Wildman–Crippen LogP) is 3.55. The van der Waals surface area contributed by atoms with Gasteiger partial charge in [-0.2, -0.15) is 0 Å². The first-order valence-electron chi connectivity index (χ1n) is 8.12. The van der Waals surface area contributed by atoms with E-state index in [0.717, 1.165) is 16.7 Å². The van der Waals surface area contributed by atoms with Gasteiger partial charge in [0, 0.05) is 11.6 Å². The fraction of sp³-hybridized carbons (Fsp3) is 0.316. The third kappa shape index (κ3) is 4.39. The first-order valence-corrected chi connectivity index (χ1v) is 9.60. The number of benzene rings is 2. The Morgan fingerprint density at radius 2 is 1.56 bits per heavy atom. The average molecular weight is 360 g/mol. The lowest BCUT2D eigenvalue weighted by molar-refractivity contribution is 0.0942. The van der Waals surface area contributed by atoms with Gasteiger partial charge in [-0.1, -0.05) is 24.3 Å². The zero-order chi connectivity index (χ0) is 18.8. The molecule has 0 aromatic heterocycles. The molecular formula is C19H24N2O3S. The summed E-state index contributed by atoms with van der Waals surface area (Å²) >= 11 is 0. The summed E-state index contributed by atoms with van der Waals surface area (Å²) in [6, 6.07) is 10.1. The minimum absolute atomic E-state index is 0.0279. The molecule has 0 aliphatic carbocycles. The van der Waals surface area contributed by atoms with Crippen molar-refractivity contribution in [1.82, 2.24) is 5.32 Å². The average Bonchev–Trinajstić information content (AvgIpc) is 2.50. The fourth-order valence-electron chi connectivity index (χ4n) is 2.52. The number of carbonyl (C=O) groups is 1. The topological polar surface area (TPSA) is 75.3 Å². The van der Waals surface area contributed by atoms with Crippen molar-refractivity contribution in [3.63, 3.8) is 0 Å². The molecule has 2 aromatic rings. The molecule has 2 N–H and O–H groups in total. The Morgan fingerprint density at radius 3 is 2.12 bits per heavy atom. The molecule has 0 aliphatic heterocycles. The molecular weight excluding hydrogens is 336 g/mol. The van der Waals surface area contributed by atoms with Crippen LogP contribution in [0.5, 0.6) is 0 Å². The van der Waals surface area contributed by atoms with Crippen LogP contribution < -0.4 is 10.0 Å². The number of rotatable bonds is 5. The van der Waals surface area contributed by atoms with Crippen LogP contribution in [-0.4, -0.2) is 20.4 Å². The Bertz CT molecular complexity index is 883. The number of aryl methyl sites for hydroxylation is 3. The maximum atomic E-state index is 12.8. The van der Waals surface area contributed by atoms with Crippen LogP contribution in [-0.2, 0) is 10.0 Å². The van der Waals surface area contributed by atoms with E-state index in [0.29, 0.717) is 11.3 Å². The zero-order valence-corrected chi connectivity index (χ0v) is 16.0. The number of carbonyl (C=O) groups excluding carboxylic acids is 1. The molecule has 0 aliphatic rings. The number of sulfonamides is 1. The lowest BCUT2D eigenvalue weighted by atomic mass is 10.1. The Kier molecular flexibility index (Phi) is 5.52. The van der Waals surface area contributed by atoms with E-state index in [2.05, 4.69) is 10.0 Å². The van der Waals surface area contributed by atoms with Crippen LogP contribution in [0.2, 0.25) is 0 Å². The van der Waals surface area contributed by atoms with Crippen molar-refractivity contribution in [1.29, 1.82) is 0 Å². The molecule has 2 rings (SSSR count).